The summed E-state index contributed by atoms with van der Waals surface area (Å²) in [7, 11) is 1.25. The van der Waals surface area contributed by atoms with Gasteiger partial charge in [-0.05, 0) is 49.7 Å². The second-order valence-corrected chi connectivity index (χ2v) is 6.01. The molecule has 0 aliphatic heterocycles. The summed E-state index contributed by atoms with van der Waals surface area (Å²) >= 11 is 0. The van der Waals surface area contributed by atoms with E-state index in [0.29, 0.717) is 5.69 Å². The molecule has 0 aliphatic rings. The van der Waals surface area contributed by atoms with Crippen molar-refractivity contribution < 1.29 is 34.1 Å². The Labute approximate surface area is 161 Å². The van der Waals surface area contributed by atoms with Gasteiger partial charge in [0.15, 0.2) is 0 Å². The average Bonchev–Trinajstić information content (AvgIpc) is 2.63. The fourth-order valence-electron chi connectivity index (χ4n) is 2.60. The molecule has 28 heavy (non-hydrogen) atoms. The van der Waals surface area contributed by atoms with Crippen LogP contribution in [0.25, 0.3) is 0 Å². The summed E-state index contributed by atoms with van der Waals surface area (Å²) in [6.07, 6.45) is -0.241. The number of phenolic OH excluding ortho intramolecular Hbond substituents is 2. The number of rotatable bonds is 6. The molecule has 0 atom stereocenters. The Kier molecular flexibility index (Phi) is 6.59. The maximum absolute atomic E-state index is 12.5. The lowest BCUT2D eigenvalue weighted by atomic mass is 10.0. The van der Waals surface area contributed by atoms with Crippen molar-refractivity contribution in [3.8, 4) is 11.5 Å². The van der Waals surface area contributed by atoms with E-state index in [0.717, 1.165) is 17.7 Å². The Bertz CT molecular complexity index is 921. The van der Waals surface area contributed by atoms with Gasteiger partial charge in [-0.1, -0.05) is 0 Å². The highest BCUT2D eigenvalue weighted by molar-refractivity contribution is 6.07. The van der Waals surface area contributed by atoms with Gasteiger partial charge in [-0.25, -0.2) is 4.79 Å². The van der Waals surface area contributed by atoms with Crippen LogP contribution in [0.2, 0.25) is 0 Å². The van der Waals surface area contributed by atoms with Gasteiger partial charge >= 0.3 is 11.9 Å². The lowest BCUT2D eigenvalue weighted by molar-refractivity contribution is -0.142. The molecule has 2 aromatic rings. The Morgan fingerprint density at radius 1 is 1.04 bits per heavy atom. The number of methoxy groups -OCH3 is 1. The largest absolute Gasteiger partial charge is 0.508 e. The number of carbonyl (C=O) groups excluding carboxylic acids is 3. The van der Waals surface area contributed by atoms with Gasteiger partial charge in [0.25, 0.3) is 5.91 Å². The quantitative estimate of drug-likeness (QED) is 0.514. The fraction of sp³-hybridized carbons (Fsp3) is 0.250. The molecule has 0 aliphatic carbocycles. The molecule has 0 unspecified atom stereocenters. The second kappa shape index (κ2) is 8.90. The molecule has 0 bridgehead atoms. The van der Waals surface area contributed by atoms with Gasteiger partial charge in [-0.2, -0.15) is 0 Å². The molecular formula is C20H21NO7. The molecule has 0 heterocycles. The Morgan fingerprint density at radius 2 is 1.75 bits per heavy atom. The summed E-state index contributed by atoms with van der Waals surface area (Å²) in [5.74, 6) is -2.55. The van der Waals surface area contributed by atoms with Crippen LogP contribution in [0.4, 0.5) is 5.69 Å². The first-order chi connectivity index (χ1) is 13.2. The number of hydrogen-bond acceptors (Lipinski definition) is 7. The van der Waals surface area contributed by atoms with Crippen LogP contribution in [0, 0.1) is 6.92 Å². The second-order valence-electron chi connectivity index (χ2n) is 6.01. The highest BCUT2D eigenvalue weighted by Gasteiger charge is 2.18. The van der Waals surface area contributed by atoms with Gasteiger partial charge in [0.05, 0.1) is 31.3 Å². The first-order valence-electron chi connectivity index (χ1n) is 8.47. The lowest BCUT2D eigenvalue weighted by Crippen LogP contribution is -2.14. The predicted octanol–water partition coefficient (Wildman–Crippen LogP) is 2.55. The number of aromatic hydroxyl groups is 2. The van der Waals surface area contributed by atoms with Gasteiger partial charge < -0.3 is 25.0 Å². The molecule has 2 aromatic carbocycles. The highest BCUT2D eigenvalue weighted by atomic mass is 16.5. The van der Waals surface area contributed by atoms with Crippen molar-refractivity contribution in [1.82, 2.24) is 0 Å². The van der Waals surface area contributed by atoms with Crippen LogP contribution in [-0.4, -0.2) is 41.8 Å². The number of amides is 1. The summed E-state index contributed by atoms with van der Waals surface area (Å²) in [4.78, 5) is 35.7. The highest BCUT2D eigenvalue weighted by Crippen LogP contribution is 2.29. The summed E-state index contributed by atoms with van der Waals surface area (Å²) in [5, 5.41) is 22.8. The summed E-state index contributed by atoms with van der Waals surface area (Å²) in [6, 6.07) is 6.88. The minimum absolute atomic E-state index is 0.135. The standard InChI is InChI=1S/C20H21NO7/c1-4-28-18(24)9-12-8-17(23)15(10-16(12)22)19(25)21-14-6-11(2)5-13(7-14)20(26)27-3/h5-8,10,22-23H,4,9H2,1-3H3,(H,21,25). The first kappa shape index (κ1) is 20.8. The third kappa shape index (κ3) is 5.00. The average molecular weight is 387 g/mol. The van der Waals surface area contributed by atoms with Crippen molar-refractivity contribution in [3.05, 3.63) is 52.6 Å². The molecule has 3 N–H and O–H groups in total. The SMILES string of the molecule is CCOC(=O)Cc1cc(O)c(C(=O)Nc2cc(C)cc(C(=O)OC)c2)cc1O. The van der Waals surface area contributed by atoms with E-state index in [4.69, 9.17) is 4.74 Å². The number of hydrogen-bond donors (Lipinski definition) is 3. The van der Waals surface area contributed by atoms with Gasteiger partial charge in [-0.3, -0.25) is 9.59 Å². The molecule has 8 nitrogen and oxygen atoms in total. The van der Waals surface area contributed by atoms with Crippen molar-refractivity contribution in [3.63, 3.8) is 0 Å². The van der Waals surface area contributed by atoms with Crippen LogP contribution in [0.5, 0.6) is 11.5 Å². The first-order valence-corrected chi connectivity index (χ1v) is 8.47. The maximum Gasteiger partial charge on any atom is 0.337 e. The molecule has 0 fully saturated rings. The van der Waals surface area contributed by atoms with Crippen molar-refractivity contribution >= 4 is 23.5 Å². The molecule has 2 rings (SSSR count). The monoisotopic (exact) mass is 387 g/mol. The van der Waals surface area contributed by atoms with Gasteiger partial charge in [0, 0.05) is 11.3 Å². The van der Waals surface area contributed by atoms with E-state index >= 15 is 0 Å². The predicted molar refractivity (Wildman–Crippen MR) is 101 cm³/mol. The Balaban J connectivity index is 2.25. The topological polar surface area (TPSA) is 122 Å². The van der Waals surface area contributed by atoms with Crippen molar-refractivity contribution in [2.24, 2.45) is 0 Å². The van der Waals surface area contributed by atoms with Gasteiger partial charge in [0.2, 0.25) is 0 Å². The molecule has 0 spiro atoms. The number of aryl methyl sites for hydroxylation is 1. The van der Waals surface area contributed by atoms with Crippen molar-refractivity contribution in [2.75, 3.05) is 19.0 Å². The van der Waals surface area contributed by atoms with Gasteiger partial charge in [0.1, 0.15) is 11.5 Å². The summed E-state index contributed by atoms with van der Waals surface area (Å²) in [5.41, 5.74) is 1.24. The Hall–Kier alpha value is -3.55. The number of nitrogens with one attached hydrogen (secondary N) is 1. The van der Waals surface area contributed by atoms with Crippen LogP contribution in [0.1, 0.15) is 38.8 Å². The zero-order valence-electron chi connectivity index (χ0n) is 15.7. The molecule has 0 aromatic heterocycles. The van der Waals surface area contributed by atoms with Crippen molar-refractivity contribution in [1.29, 1.82) is 0 Å². The number of phenols is 2. The van der Waals surface area contributed by atoms with E-state index in [1.165, 1.54) is 13.2 Å². The van der Waals surface area contributed by atoms with Crippen molar-refractivity contribution in [2.45, 2.75) is 20.3 Å². The zero-order valence-corrected chi connectivity index (χ0v) is 15.7. The fourth-order valence-corrected chi connectivity index (χ4v) is 2.60. The number of esters is 2. The van der Waals surface area contributed by atoms with Crippen LogP contribution >= 0.6 is 0 Å². The van der Waals surface area contributed by atoms with E-state index in [9.17, 15) is 24.6 Å². The number of carbonyl (C=O) groups is 3. The number of ether oxygens (including phenoxy) is 2. The third-order valence-corrected chi connectivity index (χ3v) is 3.84. The third-order valence-electron chi connectivity index (χ3n) is 3.84. The van der Waals surface area contributed by atoms with Crippen LogP contribution in [0.3, 0.4) is 0 Å². The summed E-state index contributed by atoms with van der Waals surface area (Å²) < 4.78 is 9.47. The minimum atomic E-state index is -0.697. The lowest BCUT2D eigenvalue weighted by Gasteiger charge is -2.12. The number of anilines is 1. The minimum Gasteiger partial charge on any atom is -0.508 e. The normalized spacial score (nSPS) is 10.2. The molecule has 0 saturated carbocycles. The molecule has 1 amide bonds. The molecule has 0 radical (unpaired) electrons. The maximum atomic E-state index is 12.5. The molecule has 148 valence electrons. The van der Waals surface area contributed by atoms with Crippen LogP contribution in [0.15, 0.2) is 30.3 Å². The molecular weight excluding hydrogens is 366 g/mol. The van der Waals surface area contributed by atoms with Crippen LogP contribution < -0.4 is 5.32 Å². The van der Waals surface area contributed by atoms with Gasteiger partial charge in [-0.15, -0.1) is 0 Å². The van der Waals surface area contributed by atoms with E-state index in [1.54, 1.807) is 26.0 Å². The van der Waals surface area contributed by atoms with E-state index in [1.807, 2.05) is 0 Å². The summed E-state index contributed by atoms with van der Waals surface area (Å²) in [6.45, 7) is 3.59. The van der Waals surface area contributed by atoms with E-state index in [2.05, 4.69) is 10.1 Å². The number of benzene rings is 2. The van der Waals surface area contributed by atoms with E-state index in [-0.39, 0.29) is 35.5 Å². The zero-order chi connectivity index (χ0) is 20.8. The molecule has 8 heteroatoms. The smallest absolute Gasteiger partial charge is 0.337 e. The van der Waals surface area contributed by atoms with E-state index < -0.39 is 23.6 Å². The van der Waals surface area contributed by atoms with Crippen LogP contribution in [-0.2, 0) is 20.7 Å². The molecule has 0 saturated heterocycles. The Morgan fingerprint density at radius 3 is 2.39 bits per heavy atom.